The van der Waals surface area contributed by atoms with Crippen molar-refractivity contribution in [2.24, 2.45) is 0 Å². The van der Waals surface area contributed by atoms with Gasteiger partial charge in [-0.05, 0) is 12.8 Å². The Bertz CT molecular complexity index is 328. The van der Waals surface area contributed by atoms with Crippen molar-refractivity contribution in [3.8, 4) is 0 Å². The van der Waals surface area contributed by atoms with E-state index in [-0.39, 0.29) is 25.2 Å². The van der Waals surface area contributed by atoms with E-state index in [2.05, 4.69) is 0 Å². The second kappa shape index (κ2) is 6.83. The molecule has 0 saturated carbocycles. The molecule has 7 nitrogen and oxygen atoms in total. The highest BCUT2D eigenvalue weighted by Gasteiger charge is 2.32. The van der Waals surface area contributed by atoms with Gasteiger partial charge in [0.2, 0.25) is 5.91 Å². The summed E-state index contributed by atoms with van der Waals surface area (Å²) < 4.78 is 15.8. The Hall–Kier alpha value is -1.18. The number of morpholine rings is 1. The summed E-state index contributed by atoms with van der Waals surface area (Å²) in [4.78, 5) is 24.3. The van der Waals surface area contributed by atoms with Gasteiger partial charge in [0.05, 0.1) is 25.9 Å². The van der Waals surface area contributed by atoms with Crippen LogP contribution in [0.4, 0.5) is 0 Å². The number of rotatable bonds is 5. The minimum atomic E-state index is -1.05. The average molecular weight is 273 g/mol. The first-order chi connectivity index (χ1) is 9.18. The average Bonchev–Trinajstić information content (AvgIpc) is 2.91. The fourth-order valence-electron chi connectivity index (χ4n) is 2.24. The van der Waals surface area contributed by atoms with E-state index in [0.717, 1.165) is 19.4 Å². The Labute approximate surface area is 111 Å². The van der Waals surface area contributed by atoms with E-state index in [4.69, 9.17) is 19.3 Å². The Morgan fingerprint density at radius 3 is 2.89 bits per heavy atom. The van der Waals surface area contributed by atoms with Crippen LogP contribution in [0.3, 0.4) is 0 Å². The third kappa shape index (κ3) is 3.89. The SMILES string of the molecule is O=C(O)C1COCCN1C(=O)COCC1CCCO1. The van der Waals surface area contributed by atoms with Crippen LogP contribution in [-0.4, -0.2) is 73.6 Å². The molecule has 2 heterocycles. The van der Waals surface area contributed by atoms with Gasteiger partial charge >= 0.3 is 5.97 Å². The molecule has 2 fully saturated rings. The van der Waals surface area contributed by atoms with E-state index in [1.54, 1.807) is 0 Å². The molecule has 0 aliphatic carbocycles. The zero-order valence-corrected chi connectivity index (χ0v) is 10.7. The van der Waals surface area contributed by atoms with Crippen molar-refractivity contribution in [2.45, 2.75) is 25.0 Å². The summed E-state index contributed by atoms with van der Waals surface area (Å²) in [6.07, 6.45) is 2.03. The van der Waals surface area contributed by atoms with Crippen molar-refractivity contribution >= 4 is 11.9 Å². The lowest BCUT2D eigenvalue weighted by Gasteiger charge is -2.32. The maximum Gasteiger partial charge on any atom is 0.328 e. The van der Waals surface area contributed by atoms with Gasteiger partial charge in [-0.1, -0.05) is 0 Å². The smallest absolute Gasteiger partial charge is 0.328 e. The number of carbonyl (C=O) groups is 2. The highest BCUT2D eigenvalue weighted by Crippen LogP contribution is 2.12. The molecule has 0 radical (unpaired) electrons. The fraction of sp³-hybridized carbons (Fsp3) is 0.833. The standard InChI is InChI=1S/C12H19NO6/c14-11(8-18-6-9-2-1-4-19-9)13-3-5-17-7-10(13)12(15)16/h9-10H,1-8H2,(H,15,16). The molecule has 0 bridgehead atoms. The summed E-state index contributed by atoms with van der Waals surface area (Å²) in [6, 6.07) is -0.910. The Morgan fingerprint density at radius 1 is 1.37 bits per heavy atom. The van der Waals surface area contributed by atoms with Crippen LogP contribution in [0.1, 0.15) is 12.8 Å². The summed E-state index contributed by atoms with van der Waals surface area (Å²) in [7, 11) is 0. The van der Waals surface area contributed by atoms with E-state index in [0.29, 0.717) is 19.8 Å². The number of carboxylic acid groups (broad SMARTS) is 1. The minimum absolute atomic E-state index is 0.0345. The third-order valence-electron chi connectivity index (χ3n) is 3.29. The molecule has 0 spiro atoms. The summed E-state index contributed by atoms with van der Waals surface area (Å²) in [5.74, 6) is -1.36. The predicted octanol–water partition coefficient (Wildman–Crippen LogP) is -0.506. The Morgan fingerprint density at radius 2 is 2.21 bits per heavy atom. The number of ether oxygens (including phenoxy) is 3. The van der Waals surface area contributed by atoms with Gasteiger partial charge in [0.1, 0.15) is 6.61 Å². The lowest BCUT2D eigenvalue weighted by Crippen LogP contribution is -2.53. The maximum absolute atomic E-state index is 11.9. The molecule has 7 heteroatoms. The molecule has 0 aromatic carbocycles. The van der Waals surface area contributed by atoms with Crippen LogP contribution < -0.4 is 0 Å². The van der Waals surface area contributed by atoms with Crippen LogP contribution in [0.2, 0.25) is 0 Å². The van der Waals surface area contributed by atoms with Crippen molar-refractivity contribution in [1.29, 1.82) is 0 Å². The Balaban J connectivity index is 1.75. The number of hydrogen-bond donors (Lipinski definition) is 1. The summed E-state index contributed by atoms with van der Waals surface area (Å²) in [6.45, 7) is 1.71. The number of amides is 1. The predicted molar refractivity (Wildman–Crippen MR) is 63.7 cm³/mol. The molecule has 2 aliphatic heterocycles. The van der Waals surface area contributed by atoms with Gasteiger partial charge in [-0.3, -0.25) is 4.79 Å². The van der Waals surface area contributed by atoms with E-state index in [1.165, 1.54) is 4.90 Å². The second-order valence-corrected chi connectivity index (χ2v) is 4.67. The molecule has 2 rings (SSSR count). The molecule has 2 saturated heterocycles. The number of carboxylic acids is 1. The van der Waals surface area contributed by atoms with E-state index in [9.17, 15) is 9.59 Å². The van der Waals surface area contributed by atoms with Gasteiger partial charge in [0.15, 0.2) is 6.04 Å². The van der Waals surface area contributed by atoms with Crippen molar-refractivity contribution in [1.82, 2.24) is 4.90 Å². The molecule has 1 amide bonds. The van der Waals surface area contributed by atoms with Gasteiger partial charge in [-0.2, -0.15) is 0 Å². The molecule has 2 aliphatic rings. The molecule has 0 aromatic heterocycles. The van der Waals surface area contributed by atoms with Crippen molar-refractivity contribution in [2.75, 3.05) is 39.6 Å². The highest BCUT2D eigenvalue weighted by molar-refractivity contribution is 5.84. The van der Waals surface area contributed by atoms with Crippen LogP contribution in [0.15, 0.2) is 0 Å². The van der Waals surface area contributed by atoms with Crippen molar-refractivity contribution < 1.29 is 28.9 Å². The first-order valence-corrected chi connectivity index (χ1v) is 6.48. The van der Waals surface area contributed by atoms with Crippen LogP contribution in [0, 0.1) is 0 Å². The Kier molecular flexibility index (Phi) is 5.12. The lowest BCUT2D eigenvalue weighted by atomic mass is 10.2. The van der Waals surface area contributed by atoms with Gasteiger partial charge in [-0.15, -0.1) is 0 Å². The first kappa shape index (κ1) is 14.2. The molecule has 1 N–H and O–H groups in total. The molecular weight excluding hydrogens is 254 g/mol. The molecular formula is C12H19NO6. The van der Waals surface area contributed by atoms with Gasteiger partial charge in [0.25, 0.3) is 0 Å². The zero-order valence-electron chi connectivity index (χ0n) is 10.7. The number of aliphatic carboxylic acids is 1. The van der Waals surface area contributed by atoms with Crippen molar-refractivity contribution in [3.05, 3.63) is 0 Å². The summed E-state index contributed by atoms with van der Waals surface area (Å²) in [5, 5.41) is 9.02. The van der Waals surface area contributed by atoms with Gasteiger partial charge < -0.3 is 24.2 Å². The highest BCUT2D eigenvalue weighted by atomic mass is 16.5. The van der Waals surface area contributed by atoms with E-state index >= 15 is 0 Å². The fourth-order valence-corrected chi connectivity index (χ4v) is 2.24. The number of carbonyl (C=O) groups excluding carboxylic acids is 1. The topological polar surface area (TPSA) is 85.3 Å². The molecule has 2 unspecified atom stereocenters. The quantitative estimate of drug-likeness (QED) is 0.726. The molecule has 108 valence electrons. The summed E-state index contributed by atoms with van der Waals surface area (Å²) >= 11 is 0. The van der Waals surface area contributed by atoms with Crippen LogP contribution >= 0.6 is 0 Å². The first-order valence-electron chi connectivity index (χ1n) is 6.48. The largest absolute Gasteiger partial charge is 0.480 e. The summed E-state index contributed by atoms with van der Waals surface area (Å²) in [5.41, 5.74) is 0. The zero-order chi connectivity index (χ0) is 13.7. The van der Waals surface area contributed by atoms with Crippen molar-refractivity contribution in [3.63, 3.8) is 0 Å². The van der Waals surface area contributed by atoms with Crippen LogP contribution in [0.5, 0.6) is 0 Å². The number of nitrogens with zero attached hydrogens (tertiary/aromatic N) is 1. The second-order valence-electron chi connectivity index (χ2n) is 4.67. The van der Waals surface area contributed by atoms with Crippen LogP contribution in [-0.2, 0) is 23.8 Å². The molecule has 0 aromatic rings. The molecule has 19 heavy (non-hydrogen) atoms. The number of hydrogen-bond acceptors (Lipinski definition) is 5. The maximum atomic E-state index is 11.9. The minimum Gasteiger partial charge on any atom is -0.480 e. The van der Waals surface area contributed by atoms with E-state index < -0.39 is 12.0 Å². The van der Waals surface area contributed by atoms with Gasteiger partial charge in [0, 0.05) is 13.2 Å². The van der Waals surface area contributed by atoms with Gasteiger partial charge in [-0.25, -0.2) is 4.79 Å². The van der Waals surface area contributed by atoms with E-state index in [1.807, 2.05) is 0 Å². The molecule has 2 atom stereocenters. The normalized spacial score (nSPS) is 27.5. The monoisotopic (exact) mass is 273 g/mol. The lowest BCUT2D eigenvalue weighted by molar-refractivity contribution is -0.160. The third-order valence-corrected chi connectivity index (χ3v) is 3.29. The van der Waals surface area contributed by atoms with Crippen LogP contribution in [0.25, 0.3) is 0 Å².